The summed E-state index contributed by atoms with van der Waals surface area (Å²) in [6.07, 6.45) is -4.55. The molecule has 30 heavy (non-hydrogen) atoms. The summed E-state index contributed by atoms with van der Waals surface area (Å²) in [5.74, 6) is -0.637. The number of nitrogens with zero attached hydrogens (tertiary/aromatic N) is 4. The van der Waals surface area contributed by atoms with Crippen LogP contribution in [0.4, 0.5) is 18.9 Å². The number of anilines is 1. The van der Waals surface area contributed by atoms with Crippen molar-refractivity contribution in [3.63, 3.8) is 0 Å². The smallest absolute Gasteiger partial charge is 0.338 e. The van der Waals surface area contributed by atoms with Crippen molar-refractivity contribution in [2.75, 3.05) is 17.7 Å². The maximum atomic E-state index is 13.2. The van der Waals surface area contributed by atoms with Crippen LogP contribution in [-0.4, -0.2) is 38.9 Å². The highest BCUT2D eigenvalue weighted by Crippen LogP contribution is 2.36. The molecule has 2 aromatic carbocycles. The number of thioether (sulfide) groups is 1. The lowest BCUT2D eigenvalue weighted by molar-refractivity contribution is -0.137. The second-order valence-corrected chi connectivity index (χ2v) is 7.66. The number of aromatic nitrogens is 4. The van der Waals surface area contributed by atoms with Crippen molar-refractivity contribution in [2.45, 2.75) is 18.3 Å². The summed E-state index contributed by atoms with van der Waals surface area (Å²) < 4.78 is 39.6. The van der Waals surface area contributed by atoms with Gasteiger partial charge in [-0.25, -0.2) is 4.98 Å². The first-order valence-electron chi connectivity index (χ1n) is 8.92. The maximum Gasteiger partial charge on any atom is 0.418 e. The monoisotopic (exact) mass is 431 g/mol. The van der Waals surface area contributed by atoms with E-state index >= 15 is 0 Å². The molecule has 2 aromatic heterocycles. The van der Waals surface area contributed by atoms with E-state index in [2.05, 4.69) is 20.2 Å². The molecule has 0 fully saturated rings. The minimum absolute atomic E-state index is 0.130. The molecule has 10 heteroatoms. The first-order chi connectivity index (χ1) is 14.2. The average molecular weight is 431 g/mol. The third-order valence-corrected chi connectivity index (χ3v) is 5.44. The van der Waals surface area contributed by atoms with Gasteiger partial charge in [0.05, 0.1) is 17.0 Å². The van der Waals surface area contributed by atoms with Crippen LogP contribution in [0.3, 0.4) is 0 Å². The van der Waals surface area contributed by atoms with Crippen molar-refractivity contribution in [2.24, 2.45) is 0 Å². The van der Waals surface area contributed by atoms with Crippen LogP contribution in [0.1, 0.15) is 11.1 Å². The predicted molar refractivity (Wildman–Crippen MR) is 110 cm³/mol. The van der Waals surface area contributed by atoms with Gasteiger partial charge in [0.15, 0.2) is 5.65 Å². The number of carbonyl (C=O) groups excluding carboxylic acids is 1. The number of aryl methyl sites for hydroxylation is 1. The third-order valence-electron chi connectivity index (χ3n) is 4.62. The van der Waals surface area contributed by atoms with E-state index in [1.807, 2.05) is 25.1 Å². The summed E-state index contributed by atoms with van der Waals surface area (Å²) in [7, 11) is 1.32. The van der Waals surface area contributed by atoms with Gasteiger partial charge in [-0.2, -0.15) is 13.2 Å². The molecule has 0 saturated carbocycles. The molecule has 0 unspecified atom stereocenters. The fourth-order valence-corrected chi connectivity index (χ4v) is 3.80. The minimum atomic E-state index is -4.55. The van der Waals surface area contributed by atoms with Crippen LogP contribution in [0.15, 0.2) is 47.6 Å². The number of rotatable bonds is 4. The van der Waals surface area contributed by atoms with Crippen molar-refractivity contribution in [1.82, 2.24) is 20.2 Å². The molecule has 1 amide bonds. The second kappa shape index (κ2) is 7.60. The first-order valence-corrected chi connectivity index (χ1v) is 9.91. The Morgan fingerprint density at radius 1 is 1.17 bits per heavy atom. The van der Waals surface area contributed by atoms with Crippen LogP contribution in [0, 0.1) is 6.92 Å². The molecule has 4 rings (SSSR count). The van der Waals surface area contributed by atoms with E-state index in [1.165, 1.54) is 25.2 Å². The van der Waals surface area contributed by atoms with E-state index in [1.54, 1.807) is 0 Å². The van der Waals surface area contributed by atoms with Gasteiger partial charge in [-0.3, -0.25) is 4.79 Å². The SMILES string of the molecule is Cc1ccc2[nH]c3nc(SCC(=O)N(C)c4ccccc4C(F)(F)F)nnc3c2c1. The molecule has 0 radical (unpaired) electrons. The lowest BCUT2D eigenvalue weighted by Crippen LogP contribution is -2.30. The normalized spacial score (nSPS) is 11.9. The van der Waals surface area contributed by atoms with E-state index < -0.39 is 17.6 Å². The standard InChI is InChI=1S/C20H16F3N5OS/c1-11-7-8-14-12(9-11)17-18(24-14)25-19(27-26-17)30-10-16(29)28(2)15-6-4-3-5-13(15)20(21,22)23/h3-9H,10H2,1-2H3,(H,24,25,27). The van der Waals surface area contributed by atoms with Crippen LogP contribution in [0.5, 0.6) is 0 Å². The lowest BCUT2D eigenvalue weighted by Gasteiger charge is -2.21. The van der Waals surface area contributed by atoms with Crippen molar-refractivity contribution >= 4 is 45.4 Å². The summed E-state index contributed by atoms with van der Waals surface area (Å²) in [6, 6.07) is 10.8. The van der Waals surface area contributed by atoms with Crippen molar-refractivity contribution < 1.29 is 18.0 Å². The van der Waals surface area contributed by atoms with Crippen LogP contribution in [0.25, 0.3) is 22.1 Å². The molecule has 154 valence electrons. The number of nitrogens with one attached hydrogen (secondary N) is 1. The number of alkyl halides is 3. The summed E-state index contributed by atoms with van der Waals surface area (Å²) in [4.78, 5) is 21.0. The van der Waals surface area contributed by atoms with Gasteiger partial charge in [-0.1, -0.05) is 35.5 Å². The average Bonchev–Trinajstić information content (AvgIpc) is 3.07. The largest absolute Gasteiger partial charge is 0.418 e. The number of para-hydroxylation sites is 1. The summed E-state index contributed by atoms with van der Waals surface area (Å²) in [5.41, 5.74) is 2.06. The predicted octanol–water partition coefficient (Wildman–Crippen LogP) is 4.59. The molecule has 0 bridgehead atoms. The van der Waals surface area contributed by atoms with Crippen LogP contribution < -0.4 is 4.90 Å². The molecule has 0 aliphatic heterocycles. The maximum absolute atomic E-state index is 13.2. The number of amides is 1. The molecular weight excluding hydrogens is 415 g/mol. The number of H-pyrrole nitrogens is 1. The van der Waals surface area contributed by atoms with Gasteiger partial charge in [-0.05, 0) is 31.2 Å². The summed E-state index contributed by atoms with van der Waals surface area (Å²) in [6.45, 7) is 1.97. The third kappa shape index (κ3) is 3.82. The Labute approximate surface area is 173 Å². The number of benzene rings is 2. The number of aromatic amines is 1. The van der Waals surface area contributed by atoms with E-state index in [-0.39, 0.29) is 16.6 Å². The van der Waals surface area contributed by atoms with Crippen LogP contribution in [-0.2, 0) is 11.0 Å². The summed E-state index contributed by atoms with van der Waals surface area (Å²) >= 11 is 1.02. The zero-order valence-corrected chi connectivity index (χ0v) is 16.8. The molecule has 1 N–H and O–H groups in total. The van der Waals surface area contributed by atoms with Gasteiger partial charge in [0.2, 0.25) is 11.1 Å². The van der Waals surface area contributed by atoms with Gasteiger partial charge in [0.25, 0.3) is 0 Å². The first kappa shape index (κ1) is 20.1. The van der Waals surface area contributed by atoms with Gasteiger partial charge in [-0.15, -0.1) is 10.2 Å². The van der Waals surface area contributed by atoms with Crippen LogP contribution in [0.2, 0.25) is 0 Å². The molecular formula is C20H16F3N5OS. The van der Waals surface area contributed by atoms with Crippen molar-refractivity contribution in [3.8, 4) is 0 Å². The Morgan fingerprint density at radius 3 is 2.70 bits per heavy atom. The van der Waals surface area contributed by atoms with Gasteiger partial charge in [0.1, 0.15) is 5.52 Å². The molecule has 4 aromatic rings. The van der Waals surface area contributed by atoms with E-state index in [0.717, 1.165) is 39.2 Å². The minimum Gasteiger partial charge on any atom is -0.338 e. The Hall–Kier alpha value is -3.14. The fourth-order valence-electron chi connectivity index (χ4n) is 3.09. The molecule has 6 nitrogen and oxygen atoms in total. The highest BCUT2D eigenvalue weighted by molar-refractivity contribution is 7.99. The lowest BCUT2D eigenvalue weighted by atomic mass is 10.1. The molecule has 0 aliphatic rings. The number of halogens is 3. The van der Waals surface area contributed by atoms with Crippen LogP contribution >= 0.6 is 11.8 Å². The summed E-state index contributed by atoms with van der Waals surface area (Å²) in [5, 5.41) is 9.41. The molecule has 2 heterocycles. The van der Waals surface area contributed by atoms with Gasteiger partial charge < -0.3 is 9.88 Å². The van der Waals surface area contributed by atoms with Gasteiger partial charge in [0, 0.05) is 18.0 Å². The van der Waals surface area contributed by atoms with Crippen molar-refractivity contribution in [3.05, 3.63) is 53.6 Å². The Kier molecular flexibility index (Phi) is 5.10. The molecule has 0 atom stereocenters. The van der Waals surface area contributed by atoms with E-state index in [4.69, 9.17) is 0 Å². The zero-order chi connectivity index (χ0) is 21.5. The second-order valence-electron chi connectivity index (χ2n) is 6.72. The van der Waals surface area contributed by atoms with Gasteiger partial charge >= 0.3 is 6.18 Å². The number of fused-ring (bicyclic) bond motifs is 3. The zero-order valence-electron chi connectivity index (χ0n) is 16.0. The number of hydrogen-bond donors (Lipinski definition) is 1. The fraction of sp³-hybridized carbons (Fsp3) is 0.200. The number of hydrogen-bond acceptors (Lipinski definition) is 5. The number of carbonyl (C=O) groups is 1. The Balaban J connectivity index is 1.53. The highest BCUT2D eigenvalue weighted by atomic mass is 32.2. The quantitative estimate of drug-likeness (QED) is 0.479. The molecule has 0 spiro atoms. The Morgan fingerprint density at radius 2 is 1.93 bits per heavy atom. The Bertz CT molecular complexity index is 1250. The molecule has 0 saturated heterocycles. The van der Waals surface area contributed by atoms with E-state index in [0.29, 0.717) is 11.2 Å². The van der Waals surface area contributed by atoms with E-state index in [9.17, 15) is 18.0 Å². The highest BCUT2D eigenvalue weighted by Gasteiger charge is 2.35. The molecule has 0 aliphatic carbocycles. The topological polar surface area (TPSA) is 74.8 Å². The van der Waals surface area contributed by atoms with Crippen molar-refractivity contribution in [1.29, 1.82) is 0 Å².